The number of nitrogens with one attached hydrogen (secondary N) is 1. The Labute approximate surface area is 97.9 Å². The van der Waals surface area contributed by atoms with Crippen LogP contribution in [0.2, 0.25) is 0 Å². The van der Waals surface area contributed by atoms with Gasteiger partial charge in [-0.05, 0) is 32.2 Å². The molecule has 1 saturated carbocycles. The summed E-state index contributed by atoms with van der Waals surface area (Å²) in [6.45, 7) is 1.95. The highest BCUT2D eigenvalue weighted by Gasteiger charge is 2.14. The van der Waals surface area contributed by atoms with E-state index in [0.717, 1.165) is 12.8 Å². The molecule has 1 fully saturated rings. The number of hydrogen-bond donors (Lipinski definition) is 2. The third-order valence-electron chi connectivity index (χ3n) is 2.94. The molecular weight excluding hydrogens is 204 g/mol. The predicted molar refractivity (Wildman–Crippen MR) is 64.1 cm³/mol. The van der Waals surface area contributed by atoms with E-state index in [1.54, 1.807) is 0 Å². The van der Waals surface area contributed by atoms with E-state index in [2.05, 4.69) is 5.32 Å². The third-order valence-corrected chi connectivity index (χ3v) is 2.94. The molecule has 16 heavy (non-hydrogen) atoms. The molecule has 1 aliphatic rings. The summed E-state index contributed by atoms with van der Waals surface area (Å²) in [4.78, 5) is 11.3. The number of hydrogen-bond acceptors (Lipinski definition) is 3. The summed E-state index contributed by atoms with van der Waals surface area (Å²) in [6.07, 6.45) is 7.77. The van der Waals surface area contributed by atoms with Crippen LogP contribution in [0.25, 0.3) is 0 Å². The van der Waals surface area contributed by atoms with E-state index in [1.165, 1.54) is 25.7 Å². The fraction of sp³-hybridized carbons (Fsp3) is 0.917. The molecule has 0 saturated heterocycles. The molecule has 0 aromatic carbocycles. The zero-order valence-electron chi connectivity index (χ0n) is 10.0. The summed E-state index contributed by atoms with van der Waals surface area (Å²) < 4.78 is 5.64. The van der Waals surface area contributed by atoms with Gasteiger partial charge in [-0.1, -0.05) is 12.8 Å². The Morgan fingerprint density at radius 2 is 2.06 bits per heavy atom. The fourth-order valence-electron chi connectivity index (χ4n) is 1.99. The van der Waals surface area contributed by atoms with Crippen molar-refractivity contribution in [1.29, 1.82) is 0 Å². The lowest BCUT2D eigenvalue weighted by molar-refractivity contribution is -0.121. The van der Waals surface area contributed by atoms with Crippen LogP contribution in [0.4, 0.5) is 0 Å². The predicted octanol–water partition coefficient (Wildman–Crippen LogP) is 1.19. The monoisotopic (exact) mass is 228 g/mol. The van der Waals surface area contributed by atoms with Gasteiger partial charge in [0.05, 0.1) is 12.7 Å². The number of unbranched alkanes of at least 4 members (excludes halogenated alkanes) is 1. The minimum Gasteiger partial charge on any atom is -0.376 e. The second-order valence-electron chi connectivity index (χ2n) is 4.37. The van der Waals surface area contributed by atoms with E-state index in [-0.39, 0.29) is 5.91 Å². The van der Waals surface area contributed by atoms with Crippen LogP contribution in [0.1, 0.15) is 44.9 Å². The first-order chi connectivity index (χ1) is 7.83. The first-order valence-electron chi connectivity index (χ1n) is 6.41. The summed E-state index contributed by atoms with van der Waals surface area (Å²) in [5.74, 6) is 0.114. The Morgan fingerprint density at radius 1 is 1.31 bits per heavy atom. The van der Waals surface area contributed by atoms with Crippen molar-refractivity contribution in [3.05, 3.63) is 0 Å². The molecule has 0 aromatic rings. The van der Waals surface area contributed by atoms with Gasteiger partial charge in [-0.3, -0.25) is 4.79 Å². The first-order valence-corrected chi connectivity index (χ1v) is 6.41. The van der Waals surface area contributed by atoms with Gasteiger partial charge in [-0.25, -0.2) is 0 Å². The van der Waals surface area contributed by atoms with Crippen LogP contribution in [-0.4, -0.2) is 31.7 Å². The van der Waals surface area contributed by atoms with Crippen molar-refractivity contribution < 1.29 is 9.53 Å². The second-order valence-corrected chi connectivity index (χ2v) is 4.37. The Bertz CT molecular complexity index is 191. The fourth-order valence-corrected chi connectivity index (χ4v) is 1.99. The summed E-state index contributed by atoms with van der Waals surface area (Å²) in [5.41, 5.74) is 5.35. The Morgan fingerprint density at radius 3 is 2.75 bits per heavy atom. The minimum absolute atomic E-state index is 0.114. The molecule has 1 aliphatic carbocycles. The van der Waals surface area contributed by atoms with Crippen molar-refractivity contribution in [3.8, 4) is 0 Å². The molecule has 0 spiro atoms. The van der Waals surface area contributed by atoms with Gasteiger partial charge in [0.2, 0.25) is 5.91 Å². The van der Waals surface area contributed by atoms with Crippen LogP contribution in [0.3, 0.4) is 0 Å². The average Bonchev–Trinajstić information content (AvgIpc) is 2.78. The maximum Gasteiger partial charge on any atom is 0.220 e. The number of carbonyl (C=O) groups excluding carboxylic acids is 1. The maximum atomic E-state index is 11.3. The van der Waals surface area contributed by atoms with Gasteiger partial charge in [-0.15, -0.1) is 0 Å². The highest BCUT2D eigenvalue weighted by atomic mass is 16.5. The summed E-state index contributed by atoms with van der Waals surface area (Å²) in [6, 6.07) is 0. The largest absolute Gasteiger partial charge is 0.376 e. The number of ether oxygens (including phenoxy) is 1. The van der Waals surface area contributed by atoms with Gasteiger partial charge in [-0.2, -0.15) is 0 Å². The molecule has 0 heterocycles. The molecule has 4 heteroatoms. The standard InChI is InChI=1S/C12H24N2O2/c13-8-4-3-7-12(15)14-9-10-16-11-5-1-2-6-11/h11H,1-10,13H2,(H,14,15). The van der Waals surface area contributed by atoms with E-state index < -0.39 is 0 Å². The topological polar surface area (TPSA) is 64.4 Å². The Hall–Kier alpha value is -0.610. The number of rotatable bonds is 8. The van der Waals surface area contributed by atoms with E-state index in [1.807, 2.05) is 0 Å². The third kappa shape index (κ3) is 6.08. The second kappa shape index (κ2) is 8.53. The van der Waals surface area contributed by atoms with Crippen molar-refractivity contribution in [2.24, 2.45) is 5.73 Å². The molecule has 0 aliphatic heterocycles. The van der Waals surface area contributed by atoms with Crippen LogP contribution >= 0.6 is 0 Å². The van der Waals surface area contributed by atoms with Gasteiger partial charge >= 0.3 is 0 Å². The zero-order valence-corrected chi connectivity index (χ0v) is 10.0. The van der Waals surface area contributed by atoms with Gasteiger partial charge in [0.1, 0.15) is 0 Å². The van der Waals surface area contributed by atoms with E-state index >= 15 is 0 Å². The highest BCUT2D eigenvalue weighted by molar-refractivity contribution is 5.75. The van der Waals surface area contributed by atoms with Crippen molar-refractivity contribution >= 4 is 5.91 Å². The van der Waals surface area contributed by atoms with Crippen LogP contribution in [0.15, 0.2) is 0 Å². The van der Waals surface area contributed by atoms with E-state index in [4.69, 9.17) is 10.5 Å². The molecule has 0 aromatic heterocycles. The quantitative estimate of drug-likeness (QED) is 0.613. The zero-order chi connectivity index (χ0) is 11.6. The van der Waals surface area contributed by atoms with E-state index in [0.29, 0.717) is 32.2 Å². The Kier molecular flexibility index (Phi) is 7.17. The molecule has 1 amide bonds. The number of carbonyl (C=O) groups is 1. The normalized spacial score (nSPS) is 16.6. The molecule has 94 valence electrons. The molecule has 3 N–H and O–H groups in total. The maximum absolute atomic E-state index is 11.3. The lowest BCUT2D eigenvalue weighted by Crippen LogP contribution is -2.28. The van der Waals surface area contributed by atoms with E-state index in [9.17, 15) is 4.79 Å². The Balaban J connectivity index is 1.87. The van der Waals surface area contributed by atoms with Crippen LogP contribution in [0.5, 0.6) is 0 Å². The van der Waals surface area contributed by atoms with Crippen molar-refractivity contribution in [1.82, 2.24) is 5.32 Å². The van der Waals surface area contributed by atoms with Gasteiger partial charge in [0, 0.05) is 13.0 Å². The van der Waals surface area contributed by atoms with Crippen LogP contribution < -0.4 is 11.1 Å². The SMILES string of the molecule is NCCCCC(=O)NCCOC1CCCC1. The first kappa shape index (κ1) is 13.5. The molecule has 0 unspecified atom stereocenters. The van der Waals surface area contributed by atoms with Gasteiger partial charge < -0.3 is 15.8 Å². The smallest absolute Gasteiger partial charge is 0.220 e. The summed E-state index contributed by atoms with van der Waals surface area (Å²) in [7, 11) is 0. The highest BCUT2D eigenvalue weighted by Crippen LogP contribution is 2.20. The van der Waals surface area contributed by atoms with Crippen molar-refractivity contribution in [2.45, 2.75) is 51.0 Å². The van der Waals surface area contributed by atoms with Crippen molar-refractivity contribution in [2.75, 3.05) is 19.7 Å². The molecular formula is C12H24N2O2. The summed E-state index contributed by atoms with van der Waals surface area (Å²) in [5, 5.41) is 2.86. The lowest BCUT2D eigenvalue weighted by atomic mass is 10.2. The van der Waals surface area contributed by atoms with Crippen LogP contribution in [-0.2, 0) is 9.53 Å². The van der Waals surface area contributed by atoms with Gasteiger partial charge in [0.15, 0.2) is 0 Å². The summed E-state index contributed by atoms with van der Waals surface area (Å²) >= 11 is 0. The lowest BCUT2D eigenvalue weighted by Gasteiger charge is -2.11. The number of nitrogens with two attached hydrogens (primary N) is 1. The molecule has 0 bridgehead atoms. The van der Waals surface area contributed by atoms with Crippen LogP contribution in [0, 0.1) is 0 Å². The molecule has 0 radical (unpaired) electrons. The molecule has 4 nitrogen and oxygen atoms in total. The average molecular weight is 228 g/mol. The van der Waals surface area contributed by atoms with Crippen molar-refractivity contribution in [3.63, 3.8) is 0 Å². The minimum atomic E-state index is 0.114. The van der Waals surface area contributed by atoms with Gasteiger partial charge in [0.25, 0.3) is 0 Å². The molecule has 0 atom stereocenters. The molecule has 1 rings (SSSR count). The number of amides is 1.